The van der Waals surface area contributed by atoms with E-state index in [4.69, 9.17) is 4.74 Å². The maximum Gasteiger partial charge on any atom is 0.374 e. The maximum atomic E-state index is 12.3. The Morgan fingerprint density at radius 1 is 1.00 bits per heavy atom. The van der Waals surface area contributed by atoms with Gasteiger partial charge in [0.05, 0.1) is 19.8 Å². The predicted octanol–water partition coefficient (Wildman–Crippen LogP) is 0.829. The van der Waals surface area contributed by atoms with Gasteiger partial charge in [-0.2, -0.15) is 0 Å². The first-order chi connectivity index (χ1) is 9.52. The van der Waals surface area contributed by atoms with Crippen LogP contribution < -0.4 is 0 Å². The molecule has 104 valence electrons. The summed E-state index contributed by atoms with van der Waals surface area (Å²) in [6, 6.07) is 6.54. The van der Waals surface area contributed by atoms with Crippen molar-refractivity contribution in [2.45, 2.75) is 0 Å². The number of hydrogen-bond donors (Lipinski definition) is 0. The molecule has 1 aromatic rings. The molecule has 0 saturated carbocycles. The van der Waals surface area contributed by atoms with Crippen molar-refractivity contribution < 1.29 is 23.9 Å². The number of esters is 1. The van der Waals surface area contributed by atoms with Crippen LogP contribution in [0.25, 0.3) is 5.57 Å². The van der Waals surface area contributed by atoms with Gasteiger partial charge in [-0.15, -0.1) is 0 Å². The number of amides is 2. The van der Waals surface area contributed by atoms with Crippen molar-refractivity contribution in [3.63, 3.8) is 0 Å². The van der Waals surface area contributed by atoms with E-state index in [0.29, 0.717) is 11.1 Å². The summed E-state index contributed by atoms with van der Waals surface area (Å²) in [5.74, 6) is -2.01. The van der Waals surface area contributed by atoms with E-state index < -0.39 is 17.8 Å². The molecule has 2 amide bonds. The Morgan fingerprint density at radius 3 is 2.15 bits per heavy atom. The van der Waals surface area contributed by atoms with Crippen molar-refractivity contribution in [3.8, 4) is 0 Å². The molecule has 0 spiro atoms. The molecule has 2 rings (SSSR count). The number of benzene rings is 1. The first kappa shape index (κ1) is 13.8. The van der Waals surface area contributed by atoms with Gasteiger partial charge >= 0.3 is 5.97 Å². The molecule has 6 nitrogen and oxygen atoms in total. The molecule has 0 radical (unpaired) electrons. The molecule has 0 fully saturated rings. The van der Waals surface area contributed by atoms with Crippen LogP contribution in [-0.4, -0.2) is 44.0 Å². The fourth-order valence-electron chi connectivity index (χ4n) is 2.04. The lowest BCUT2D eigenvalue weighted by Gasteiger charge is -2.26. The van der Waals surface area contributed by atoms with E-state index in [1.807, 2.05) is 0 Å². The molecule has 0 N–H and O–H groups in total. The normalized spacial score (nSPS) is 16.6. The molecule has 0 aliphatic carbocycles. The Morgan fingerprint density at radius 2 is 1.60 bits per heavy atom. The Kier molecular flexibility index (Phi) is 3.56. The molecule has 0 atom stereocenters. The van der Waals surface area contributed by atoms with Crippen molar-refractivity contribution >= 4 is 23.4 Å². The highest BCUT2D eigenvalue weighted by Gasteiger charge is 2.36. The Balaban J connectivity index is 2.78. The van der Waals surface area contributed by atoms with E-state index in [9.17, 15) is 14.4 Å². The second-order valence-corrected chi connectivity index (χ2v) is 4.11. The van der Waals surface area contributed by atoms with Crippen LogP contribution in [0.4, 0.5) is 0 Å². The number of rotatable bonds is 2. The van der Waals surface area contributed by atoms with Gasteiger partial charge in [-0.25, -0.2) is 4.79 Å². The van der Waals surface area contributed by atoms with E-state index in [1.165, 1.54) is 21.3 Å². The van der Waals surface area contributed by atoms with Gasteiger partial charge in [0, 0.05) is 18.2 Å². The zero-order valence-electron chi connectivity index (χ0n) is 11.3. The lowest BCUT2D eigenvalue weighted by molar-refractivity contribution is -0.140. The van der Waals surface area contributed by atoms with Gasteiger partial charge in [-0.05, 0) is 6.07 Å². The first-order valence-electron chi connectivity index (χ1n) is 5.81. The number of fused-ring (bicyclic) bond motifs is 1. The number of nitrogens with zero attached hydrogens (tertiary/aromatic N) is 1. The topological polar surface area (TPSA) is 72.9 Å². The molecular formula is C14H13NO5. The minimum absolute atomic E-state index is 0.0250. The highest BCUT2D eigenvalue weighted by molar-refractivity contribution is 6.33. The number of carbonyl (C=O) groups is 3. The highest BCUT2D eigenvalue weighted by Crippen LogP contribution is 2.30. The van der Waals surface area contributed by atoms with Crippen LogP contribution in [0.15, 0.2) is 30.0 Å². The van der Waals surface area contributed by atoms with Crippen LogP contribution in [0.1, 0.15) is 15.9 Å². The monoisotopic (exact) mass is 275 g/mol. The lowest BCUT2D eigenvalue weighted by Crippen LogP contribution is -2.39. The second kappa shape index (κ2) is 5.16. The van der Waals surface area contributed by atoms with Gasteiger partial charge in [0.1, 0.15) is 0 Å². The van der Waals surface area contributed by atoms with Crippen LogP contribution in [-0.2, 0) is 19.1 Å². The number of carbonyl (C=O) groups excluding carboxylic acids is 3. The van der Waals surface area contributed by atoms with Crippen LogP contribution >= 0.6 is 0 Å². The van der Waals surface area contributed by atoms with E-state index >= 15 is 0 Å². The third-order valence-electron chi connectivity index (χ3n) is 3.05. The van der Waals surface area contributed by atoms with Gasteiger partial charge in [0.15, 0.2) is 0 Å². The SMILES string of the molecule is COC(=O)/C(OC)=C1/C(=O)N(C)C(=O)c2ccccc21. The van der Waals surface area contributed by atoms with Gasteiger partial charge in [-0.1, -0.05) is 18.2 Å². The Labute approximate surface area is 115 Å². The Hall–Kier alpha value is -2.63. The van der Waals surface area contributed by atoms with Crippen LogP contribution in [0.2, 0.25) is 0 Å². The smallest absolute Gasteiger partial charge is 0.374 e. The molecule has 0 saturated heterocycles. The van der Waals surface area contributed by atoms with Crippen molar-refractivity contribution in [2.24, 2.45) is 0 Å². The summed E-state index contributed by atoms with van der Waals surface area (Å²) in [6.07, 6.45) is 0. The molecule has 1 aromatic carbocycles. The molecule has 0 aromatic heterocycles. The molecule has 1 aliphatic heterocycles. The fraction of sp³-hybridized carbons (Fsp3) is 0.214. The summed E-state index contributed by atoms with van der Waals surface area (Å²) in [5.41, 5.74) is 0.725. The molecular weight excluding hydrogens is 262 g/mol. The lowest BCUT2D eigenvalue weighted by atomic mass is 9.93. The molecule has 0 unspecified atom stereocenters. The standard InChI is InChI=1S/C14H13NO5/c1-15-12(16)9-7-5-4-6-8(9)10(13(15)17)11(19-2)14(18)20-3/h4-7H,1-3H3/b11-10-. The van der Waals surface area contributed by atoms with Gasteiger partial charge in [0.25, 0.3) is 11.8 Å². The summed E-state index contributed by atoms with van der Waals surface area (Å²) in [4.78, 5) is 37.0. The maximum absolute atomic E-state index is 12.3. The third-order valence-corrected chi connectivity index (χ3v) is 3.05. The number of methoxy groups -OCH3 is 2. The summed E-state index contributed by atoms with van der Waals surface area (Å²) in [5, 5.41) is 0. The molecule has 6 heteroatoms. The quantitative estimate of drug-likeness (QED) is 0.346. The number of ether oxygens (including phenoxy) is 2. The fourth-order valence-corrected chi connectivity index (χ4v) is 2.04. The van der Waals surface area contributed by atoms with E-state index in [2.05, 4.69) is 4.74 Å². The van der Waals surface area contributed by atoms with E-state index in [1.54, 1.807) is 24.3 Å². The molecule has 1 aliphatic rings. The summed E-state index contributed by atoms with van der Waals surface area (Å²) in [7, 11) is 3.81. The van der Waals surface area contributed by atoms with Crippen LogP contribution in [0.5, 0.6) is 0 Å². The summed E-state index contributed by atoms with van der Waals surface area (Å²) in [6.45, 7) is 0. The van der Waals surface area contributed by atoms with Crippen molar-refractivity contribution in [2.75, 3.05) is 21.3 Å². The molecule has 20 heavy (non-hydrogen) atoms. The summed E-state index contributed by atoms with van der Waals surface area (Å²) < 4.78 is 9.60. The van der Waals surface area contributed by atoms with Crippen molar-refractivity contribution in [1.82, 2.24) is 4.90 Å². The zero-order valence-corrected chi connectivity index (χ0v) is 11.3. The van der Waals surface area contributed by atoms with Crippen LogP contribution in [0.3, 0.4) is 0 Å². The number of likely N-dealkylation sites (N-methyl/N-ethyl adjacent to an activating group) is 1. The second-order valence-electron chi connectivity index (χ2n) is 4.11. The number of hydrogen-bond acceptors (Lipinski definition) is 5. The zero-order chi connectivity index (χ0) is 14.9. The Bertz CT molecular complexity index is 632. The largest absolute Gasteiger partial charge is 0.489 e. The van der Waals surface area contributed by atoms with Gasteiger partial charge in [0.2, 0.25) is 5.76 Å². The van der Waals surface area contributed by atoms with Crippen molar-refractivity contribution in [1.29, 1.82) is 0 Å². The highest BCUT2D eigenvalue weighted by atomic mass is 16.6. The average molecular weight is 275 g/mol. The van der Waals surface area contributed by atoms with Gasteiger partial charge in [-0.3, -0.25) is 14.5 Å². The molecule has 1 heterocycles. The van der Waals surface area contributed by atoms with Gasteiger partial charge < -0.3 is 9.47 Å². The minimum atomic E-state index is -0.770. The predicted molar refractivity (Wildman–Crippen MR) is 69.5 cm³/mol. The average Bonchev–Trinajstić information content (AvgIpc) is 2.48. The molecule has 0 bridgehead atoms. The third kappa shape index (κ3) is 1.95. The summed E-state index contributed by atoms with van der Waals surface area (Å²) >= 11 is 0. The van der Waals surface area contributed by atoms with E-state index in [-0.39, 0.29) is 11.3 Å². The van der Waals surface area contributed by atoms with E-state index in [0.717, 1.165) is 4.90 Å². The van der Waals surface area contributed by atoms with Crippen molar-refractivity contribution in [3.05, 3.63) is 41.2 Å². The first-order valence-corrected chi connectivity index (χ1v) is 5.81. The number of imide groups is 1. The minimum Gasteiger partial charge on any atom is -0.489 e. The van der Waals surface area contributed by atoms with Crippen LogP contribution in [0, 0.1) is 0 Å².